The van der Waals surface area contributed by atoms with Crippen LogP contribution in [0.25, 0.3) is 11.3 Å². The van der Waals surface area contributed by atoms with Gasteiger partial charge in [-0.15, -0.1) is 11.3 Å². The molecule has 0 unspecified atom stereocenters. The lowest BCUT2D eigenvalue weighted by atomic mass is 10.1. The predicted molar refractivity (Wildman–Crippen MR) is 163 cm³/mol. The van der Waals surface area contributed by atoms with Crippen molar-refractivity contribution in [2.45, 2.75) is 44.4 Å². The molecule has 0 radical (unpaired) electrons. The minimum absolute atomic E-state index is 0.00433. The van der Waals surface area contributed by atoms with E-state index in [9.17, 15) is 36.0 Å². The summed E-state index contributed by atoms with van der Waals surface area (Å²) in [4.78, 5) is 46.9. The highest BCUT2D eigenvalue weighted by atomic mass is 32.2. The first-order valence-corrected chi connectivity index (χ1v) is 16.2. The molecule has 2 aromatic heterocycles. The van der Waals surface area contributed by atoms with Crippen LogP contribution in [-0.4, -0.2) is 81.7 Å². The van der Waals surface area contributed by atoms with Crippen LogP contribution in [0.2, 0.25) is 0 Å². The largest absolute Gasteiger partial charge is 0.493 e. The van der Waals surface area contributed by atoms with Crippen molar-refractivity contribution >= 4 is 44.0 Å². The van der Waals surface area contributed by atoms with E-state index >= 15 is 0 Å². The third-order valence-electron chi connectivity index (χ3n) is 6.41. The van der Waals surface area contributed by atoms with Gasteiger partial charge in [0.2, 0.25) is 20.9 Å². The first-order valence-electron chi connectivity index (χ1n) is 13.8. The average Bonchev–Trinajstić information content (AvgIpc) is 3.32. The number of hydrogen-bond donors (Lipinski definition) is 1. The van der Waals surface area contributed by atoms with Gasteiger partial charge in [0.05, 0.1) is 42.7 Å². The lowest BCUT2D eigenvalue weighted by Crippen LogP contribution is -2.21. The fourth-order valence-corrected chi connectivity index (χ4v) is 6.49. The number of halogens is 3. The summed E-state index contributed by atoms with van der Waals surface area (Å²) in [7, 11) is 1.25. The van der Waals surface area contributed by atoms with Crippen molar-refractivity contribution in [3.8, 4) is 22.8 Å². The molecular weight excluding hydrogens is 653 g/mol. The zero-order valence-corrected chi connectivity index (χ0v) is 27.5. The van der Waals surface area contributed by atoms with Crippen molar-refractivity contribution in [3.05, 3.63) is 46.0 Å². The average molecular weight is 687 g/mol. The number of rotatable bonds is 13. The molecule has 0 aliphatic rings. The van der Waals surface area contributed by atoms with Gasteiger partial charge in [-0.05, 0) is 49.6 Å². The number of anilines is 1. The molecule has 3 rings (SSSR count). The van der Waals surface area contributed by atoms with Crippen molar-refractivity contribution in [2.24, 2.45) is 0 Å². The molecule has 0 aliphatic carbocycles. The van der Waals surface area contributed by atoms with E-state index in [1.165, 1.54) is 51.4 Å². The van der Waals surface area contributed by atoms with Crippen LogP contribution in [0, 0.1) is 6.92 Å². The van der Waals surface area contributed by atoms with Gasteiger partial charge in [-0.25, -0.2) is 23.2 Å². The van der Waals surface area contributed by atoms with Gasteiger partial charge >= 0.3 is 12.1 Å². The van der Waals surface area contributed by atoms with Crippen LogP contribution in [0.15, 0.2) is 29.4 Å². The molecule has 3 aromatic rings. The number of carbonyl (C=O) groups is 3. The maximum absolute atomic E-state index is 13.7. The highest BCUT2D eigenvalue weighted by Crippen LogP contribution is 2.36. The maximum atomic E-state index is 13.7. The number of thiophene rings is 1. The summed E-state index contributed by atoms with van der Waals surface area (Å²) in [6.45, 7) is 3.46. The first-order chi connectivity index (χ1) is 21.5. The normalized spacial score (nSPS) is 11.6. The highest BCUT2D eigenvalue weighted by molar-refractivity contribution is 7.91. The number of benzene rings is 1. The summed E-state index contributed by atoms with van der Waals surface area (Å²) in [5, 5.41) is 1.53. The highest BCUT2D eigenvalue weighted by Gasteiger charge is 2.35. The Morgan fingerprint density at radius 1 is 1.04 bits per heavy atom. The molecule has 0 spiro atoms. The van der Waals surface area contributed by atoms with Crippen LogP contribution >= 0.6 is 11.3 Å². The Morgan fingerprint density at radius 3 is 2.30 bits per heavy atom. The van der Waals surface area contributed by atoms with Gasteiger partial charge in [-0.1, -0.05) is 6.92 Å². The molecule has 0 atom stereocenters. The standard InChI is InChI=1S/C29H33F3N4O8S2/c1-7-12-44-27(39)23-16(2)24(26(38)36(3)4)45-25(23)35-22(37)9-8-13-46(40,41)28-33-18(15-21(34-28)29(30,31)32)17-10-11-19(42-5)20(14-17)43-6/h10-11,14-15H,7-9,12-13H2,1-6H3,(H,35,37). The molecular formula is C29H33F3N4O8S2. The number of methoxy groups -OCH3 is 2. The summed E-state index contributed by atoms with van der Waals surface area (Å²) >= 11 is 0.871. The topological polar surface area (TPSA) is 154 Å². The van der Waals surface area contributed by atoms with E-state index < -0.39 is 56.8 Å². The molecule has 250 valence electrons. The number of esters is 1. The van der Waals surface area contributed by atoms with E-state index in [0.717, 1.165) is 11.3 Å². The number of ether oxygens (including phenoxy) is 3. The van der Waals surface area contributed by atoms with E-state index in [0.29, 0.717) is 23.8 Å². The molecule has 2 heterocycles. The third-order valence-corrected chi connectivity index (χ3v) is 9.17. The smallest absolute Gasteiger partial charge is 0.433 e. The van der Waals surface area contributed by atoms with E-state index in [1.54, 1.807) is 13.8 Å². The Balaban J connectivity index is 1.84. The van der Waals surface area contributed by atoms with Gasteiger partial charge < -0.3 is 24.4 Å². The SMILES string of the molecule is CCCOC(=O)c1c(NC(=O)CCCS(=O)(=O)c2nc(-c3ccc(OC)c(OC)c3)cc(C(F)(F)F)n2)sc(C(=O)N(C)C)c1C. The molecule has 12 nitrogen and oxygen atoms in total. The van der Waals surface area contributed by atoms with Crippen molar-refractivity contribution < 1.29 is 50.2 Å². The number of hydrogen-bond acceptors (Lipinski definition) is 11. The van der Waals surface area contributed by atoms with Crippen molar-refractivity contribution in [1.29, 1.82) is 0 Å². The second-order valence-electron chi connectivity index (χ2n) is 10.1. The van der Waals surface area contributed by atoms with Crippen molar-refractivity contribution in [1.82, 2.24) is 14.9 Å². The monoisotopic (exact) mass is 686 g/mol. The molecule has 0 saturated carbocycles. The summed E-state index contributed by atoms with van der Waals surface area (Å²) in [5.41, 5.74) is -1.35. The summed E-state index contributed by atoms with van der Waals surface area (Å²) in [5.74, 6) is -2.10. The number of nitrogens with one attached hydrogen (secondary N) is 1. The van der Waals surface area contributed by atoms with Gasteiger partial charge in [0.25, 0.3) is 5.91 Å². The van der Waals surface area contributed by atoms with E-state index in [1.807, 2.05) is 0 Å². The third kappa shape index (κ3) is 8.51. The molecule has 0 saturated heterocycles. The van der Waals surface area contributed by atoms with Crippen molar-refractivity contribution in [2.75, 3.05) is 46.0 Å². The maximum Gasteiger partial charge on any atom is 0.433 e. The lowest BCUT2D eigenvalue weighted by Gasteiger charge is -2.13. The molecule has 0 bridgehead atoms. The molecule has 1 aromatic carbocycles. The number of alkyl halides is 3. The molecule has 0 fully saturated rings. The summed E-state index contributed by atoms with van der Waals surface area (Å²) < 4.78 is 83.0. The van der Waals surface area contributed by atoms with Crippen LogP contribution in [0.5, 0.6) is 11.5 Å². The van der Waals surface area contributed by atoms with Gasteiger partial charge in [-0.2, -0.15) is 13.2 Å². The Kier molecular flexibility index (Phi) is 11.7. The number of aromatic nitrogens is 2. The second-order valence-corrected chi connectivity index (χ2v) is 13.1. The quantitative estimate of drug-likeness (QED) is 0.192. The fourth-order valence-electron chi connectivity index (χ4n) is 4.08. The van der Waals surface area contributed by atoms with Crippen LogP contribution in [0.1, 0.15) is 57.5 Å². The van der Waals surface area contributed by atoms with E-state index in [-0.39, 0.29) is 45.5 Å². The molecule has 0 aliphatic heterocycles. The van der Waals surface area contributed by atoms with Crippen LogP contribution < -0.4 is 14.8 Å². The molecule has 46 heavy (non-hydrogen) atoms. The van der Waals surface area contributed by atoms with E-state index in [4.69, 9.17) is 14.2 Å². The Bertz CT molecular complexity index is 1720. The van der Waals surface area contributed by atoms with Gasteiger partial charge in [0.15, 0.2) is 11.5 Å². The summed E-state index contributed by atoms with van der Waals surface area (Å²) in [6, 6.07) is 4.79. The Labute approximate surface area is 267 Å². The molecule has 2 amide bonds. The van der Waals surface area contributed by atoms with Crippen molar-refractivity contribution in [3.63, 3.8) is 0 Å². The van der Waals surface area contributed by atoms with Gasteiger partial charge in [0.1, 0.15) is 10.7 Å². The zero-order chi connectivity index (χ0) is 34.4. The van der Waals surface area contributed by atoms with Crippen LogP contribution in [-0.2, 0) is 25.5 Å². The van der Waals surface area contributed by atoms with Gasteiger partial charge in [0, 0.05) is 26.1 Å². The fraction of sp³-hybridized carbons (Fsp3) is 0.414. The Hall–Kier alpha value is -4.25. The second kappa shape index (κ2) is 14.9. The minimum Gasteiger partial charge on any atom is -0.493 e. The van der Waals surface area contributed by atoms with Crippen LogP contribution in [0.4, 0.5) is 18.2 Å². The minimum atomic E-state index is -4.99. The van der Waals surface area contributed by atoms with Gasteiger partial charge in [-0.3, -0.25) is 9.59 Å². The number of amides is 2. The molecule has 17 heteroatoms. The lowest BCUT2D eigenvalue weighted by molar-refractivity contribution is -0.141. The number of nitrogens with zero attached hydrogens (tertiary/aromatic N) is 3. The molecule has 1 N–H and O–H groups in total. The van der Waals surface area contributed by atoms with E-state index in [2.05, 4.69) is 15.3 Å². The number of sulfone groups is 1. The zero-order valence-electron chi connectivity index (χ0n) is 25.9. The van der Waals surface area contributed by atoms with Crippen LogP contribution in [0.3, 0.4) is 0 Å². The summed E-state index contributed by atoms with van der Waals surface area (Å²) in [6.07, 6.45) is -5.15. The number of carbonyl (C=O) groups excluding carboxylic acids is 3. The Morgan fingerprint density at radius 2 is 1.72 bits per heavy atom. The predicted octanol–water partition coefficient (Wildman–Crippen LogP) is 5.01. The first kappa shape index (κ1) is 36.2.